The predicted octanol–water partition coefficient (Wildman–Crippen LogP) is 4.76. The van der Waals surface area contributed by atoms with E-state index < -0.39 is 30.4 Å². The summed E-state index contributed by atoms with van der Waals surface area (Å²) >= 11 is 0. The molecule has 0 aromatic heterocycles. The van der Waals surface area contributed by atoms with Crippen LogP contribution in [0.1, 0.15) is 42.0 Å². The van der Waals surface area contributed by atoms with Crippen LogP contribution in [0.5, 0.6) is 5.75 Å². The molecule has 2 nitrogen and oxygen atoms in total. The van der Waals surface area contributed by atoms with Crippen LogP contribution in [0.3, 0.4) is 0 Å². The Kier molecular flexibility index (Phi) is 5.09. The maximum atomic E-state index is 13.6. The van der Waals surface area contributed by atoms with Crippen LogP contribution < -0.4 is 4.74 Å². The Balaban J connectivity index is 2.55. The summed E-state index contributed by atoms with van der Waals surface area (Å²) in [5, 5.41) is 0. The van der Waals surface area contributed by atoms with Crippen LogP contribution in [0.2, 0.25) is 0 Å². The van der Waals surface area contributed by atoms with Crippen LogP contribution >= 0.6 is 0 Å². The number of nitrogens with zero attached hydrogens (tertiary/aromatic N) is 1. The van der Waals surface area contributed by atoms with Gasteiger partial charge in [0.05, 0.1) is 19.2 Å². The Hall–Kier alpha value is -1.44. The van der Waals surface area contributed by atoms with Gasteiger partial charge in [0.15, 0.2) is 0 Å². The van der Waals surface area contributed by atoms with Crippen LogP contribution in [0.4, 0.5) is 26.3 Å². The monoisotopic (exact) mass is 355 g/mol. The molecule has 8 heteroatoms. The van der Waals surface area contributed by atoms with Gasteiger partial charge in [-0.25, -0.2) is 0 Å². The summed E-state index contributed by atoms with van der Waals surface area (Å²) in [5.41, 5.74) is -0.351. The summed E-state index contributed by atoms with van der Waals surface area (Å²) < 4.78 is 83.7. The van der Waals surface area contributed by atoms with Gasteiger partial charge in [-0.1, -0.05) is 13.8 Å². The van der Waals surface area contributed by atoms with Gasteiger partial charge in [0.1, 0.15) is 5.75 Å². The number of ether oxygens (including phenoxy) is 1. The number of rotatable bonds is 3. The van der Waals surface area contributed by atoms with Crippen molar-refractivity contribution in [2.24, 2.45) is 0 Å². The van der Waals surface area contributed by atoms with Gasteiger partial charge in [0.25, 0.3) is 0 Å². The Labute approximate surface area is 136 Å². The highest BCUT2D eigenvalue weighted by Gasteiger charge is 2.41. The summed E-state index contributed by atoms with van der Waals surface area (Å²) in [4.78, 5) is 1.11. The van der Waals surface area contributed by atoms with Crippen molar-refractivity contribution in [2.75, 3.05) is 20.2 Å². The summed E-state index contributed by atoms with van der Waals surface area (Å²) in [7, 11) is 1.27. The normalized spacial score (nSPS) is 16.4. The SMILES string of the molecule is COc1cc2c(c(C(F)(F)F)c1C(C)C)CCN(CC(F)(F)F)C2. The topological polar surface area (TPSA) is 12.5 Å². The van der Waals surface area contributed by atoms with Crippen molar-refractivity contribution >= 4 is 0 Å². The van der Waals surface area contributed by atoms with Crippen molar-refractivity contribution in [1.82, 2.24) is 4.90 Å². The standard InChI is InChI=1S/C16H19F6NO/c1-9(2)13-12(24-3)6-10-7-23(8-15(17,18)19)5-4-11(10)14(13)16(20,21)22/h6,9H,4-5,7-8H2,1-3H3. The molecule has 0 saturated heterocycles. The zero-order valence-electron chi connectivity index (χ0n) is 13.6. The third kappa shape index (κ3) is 3.96. The highest BCUT2D eigenvalue weighted by atomic mass is 19.4. The average molecular weight is 355 g/mol. The van der Waals surface area contributed by atoms with Crippen LogP contribution in [0, 0.1) is 0 Å². The van der Waals surface area contributed by atoms with E-state index in [9.17, 15) is 26.3 Å². The number of hydrogen-bond donors (Lipinski definition) is 0. The van der Waals surface area contributed by atoms with E-state index in [1.807, 2.05) is 0 Å². The fourth-order valence-corrected chi connectivity index (χ4v) is 3.24. The summed E-state index contributed by atoms with van der Waals surface area (Å²) in [6, 6.07) is 1.45. The first-order chi connectivity index (χ1) is 10.9. The van der Waals surface area contributed by atoms with E-state index in [2.05, 4.69) is 0 Å². The fourth-order valence-electron chi connectivity index (χ4n) is 3.24. The Morgan fingerprint density at radius 3 is 2.25 bits per heavy atom. The predicted molar refractivity (Wildman–Crippen MR) is 77.1 cm³/mol. The van der Waals surface area contributed by atoms with Crippen molar-refractivity contribution in [3.8, 4) is 5.75 Å². The molecule has 0 unspecified atom stereocenters. The van der Waals surface area contributed by atoms with E-state index in [1.165, 1.54) is 13.2 Å². The van der Waals surface area contributed by atoms with Gasteiger partial charge in [-0.3, -0.25) is 4.90 Å². The molecule has 24 heavy (non-hydrogen) atoms. The third-order valence-corrected chi connectivity index (χ3v) is 4.09. The molecule has 2 rings (SSSR count). The van der Waals surface area contributed by atoms with E-state index in [4.69, 9.17) is 4.74 Å². The van der Waals surface area contributed by atoms with E-state index in [0.717, 1.165) is 4.90 Å². The molecule has 0 bridgehead atoms. The van der Waals surface area contributed by atoms with Gasteiger partial charge in [-0.2, -0.15) is 26.3 Å². The van der Waals surface area contributed by atoms with Crippen molar-refractivity contribution in [2.45, 2.75) is 45.1 Å². The molecule has 0 atom stereocenters. The number of benzene rings is 1. The van der Waals surface area contributed by atoms with Crippen LogP contribution in [0.25, 0.3) is 0 Å². The zero-order valence-corrected chi connectivity index (χ0v) is 13.6. The molecule has 0 fully saturated rings. The third-order valence-electron chi connectivity index (χ3n) is 4.09. The molecule has 1 aliphatic rings. The molecule has 136 valence electrons. The number of methoxy groups -OCH3 is 1. The largest absolute Gasteiger partial charge is 0.496 e. The van der Waals surface area contributed by atoms with E-state index in [0.29, 0.717) is 0 Å². The lowest BCUT2D eigenvalue weighted by molar-refractivity contribution is -0.149. The molecule has 1 aromatic rings. The highest BCUT2D eigenvalue weighted by Crippen LogP contribution is 2.45. The van der Waals surface area contributed by atoms with Crippen LogP contribution in [-0.2, 0) is 19.1 Å². The number of alkyl halides is 6. The molecule has 0 amide bonds. The second kappa shape index (κ2) is 6.46. The molecule has 0 aliphatic carbocycles. The quantitative estimate of drug-likeness (QED) is 0.725. The first kappa shape index (κ1) is 18.9. The van der Waals surface area contributed by atoms with Crippen molar-refractivity contribution in [3.05, 3.63) is 28.3 Å². The van der Waals surface area contributed by atoms with Gasteiger partial charge in [0, 0.05) is 18.7 Å². The summed E-state index contributed by atoms with van der Waals surface area (Å²) in [5.74, 6) is -0.347. The fraction of sp³-hybridized carbons (Fsp3) is 0.625. The first-order valence-electron chi connectivity index (χ1n) is 7.53. The summed E-state index contributed by atoms with van der Waals surface area (Å²) in [6.07, 6.45) is -9.03. The Morgan fingerprint density at radius 2 is 1.79 bits per heavy atom. The molecule has 0 spiro atoms. The Morgan fingerprint density at radius 1 is 1.17 bits per heavy atom. The maximum absolute atomic E-state index is 13.6. The second-order valence-electron chi connectivity index (χ2n) is 6.23. The van der Waals surface area contributed by atoms with E-state index in [1.54, 1.807) is 13.8 Å². The minimum absolute atomic E-state index is 0.0561. The Bertz CT molecular complexity index is 606. The maximum Gasteiger partial charge on any atom is 0.417 e. The van der Waals surface area contributed by atoms with Gasteiger partial charge < -0.3 is 4.74 Å². The van der Waals surface area contributed by atoms with Gasteiger partial charge >= 0.3 is 12.4 Å². The number of hydrogen-bond acceptors (Lipinski definition) is 2. The zero-order chi connectivity index (χ0) is 18.3. The van der Waals surface area contributed by atoms with Crippen LogP contribution in [-0.4, -0.2) is 31.3 Å². The van der Waals surface area contributed by atoms with Crippen molar-refractivity contribution in [3.63, 3.8) is 0 Å². The molecule has 1 heterocycles. The number of fused-ring (bicyclic) bond motifs is 1. The molecule has 0 saturated carbocycles. The van der Waals surface area contributed by atoms with E-state index in [-0.39, 0.29) is 42.0 Å². The van der Waals surface area contributed by atoms with Gasteiger partial charge in [0.2, 0.25) is 0 Å². The van der Waals surface area contributed by atoms with Crippen molar-refractivity contribution in [1.29, 1.82) is 0 Å². The first-order valence-corrected chi connectivity index (χ1v) is 7.53. The number of halogens is 6. The minimum Gasteiger partial charge on any atom is -0.496 e. The van der Waals surface area contributed by atoms with Crippen molar-refractivity contribution < 1.29 is 31.1 Å². The average Bonchev–Trinajstić information content (AvgIpc) is 2.41. The smallest absolute Gasteiger partial charge is 0.417 e. The van der Waals surface area contributed by atoms with Gasteiger partial charge in [-0.15, -0.1) is 0 Å². The minimum atomic E-state index is -4.58. The van der Waals surface area contributed by atoms with Crippen LogP contribution in [0.15, 0.2) is 6.07 Å². The summed E-state index contributed by atoms with van der Waals surface area (Å²) in [6.45, 7) is 1.91. The lowest BCUT2D eigenvalue weighted by Crippen LogP contribution is -2.38. The highest BCUT2D eigenvalue weighted by molar-refractivity contribution is 5.53. The molecule has 1 aromatic carbocycles. The molecular formula is C16H19F6NO. The lowest BCUT2D eigenvalue weighted by Gasteiger charge is -2.33. The molecule has 0 radical (unpaired) electrons. The molecule has 1 aliphatic heterocycles. The second-order valence-corrected chi connectivity index (χ2v) is 6.23. The lowest BCUT2D eigenvalue weighted by atomic mass is 9.85. The van der Waals surface area contributed by atoms with Gasteiger partial charge in [-0.05, 0) is 29.5 Å². The molecular weight excluding hydrogens is 336 g/mol. The van der Waals surface area contributed by atoms with E-state index >= 15 is 0 Å². The molecule has 0 N–H and O–H groups in total.